The predicted molar refractivity (Wildman–Crippen MR) is 83.4 cm³/mol. The molecule has 1 atom stereocenters. The number of rotatable bonds is 5. The van der Waals surface area contributed by atoms with Crippen LogP contribution in [0.3, 0.4) is 0 Å². The van der Waals surface area contributed by atoms with Crippen LogP contribution >= 0.6 is 12.2 Å². The largest absolute Gasteiger partial charge is 0.389 e. The molecule has 0 spiro atoms. The zero-order valence-corrected chi connectivity index (χ0v) is 12.9. The lowest BCUT2D eigenvalue weighted by Crippen LogP contribution is -2.26. The van der Waals surface area contributed by atoms with Gasteiger partial charge >= 0.3 is 0 Å². The lowest BCUT2D eigenvalue weighted by molar-refractivity contribution is 0.127. The van der Waals surface area contributed by atoms with E-state index in [1.807, 2.05) is 6.92 Å². The highest BCUT2D eigenvalue weighted by atomic mass is 32.2. The van der Waals surface area contributed by atoms with Gasteiger partial charge in [-0.15, -0.1) is 0 Å². The summed E-state index contributed by atoms with van der Waals surface area (Å²) in [4.78, 5) is 0.240. The van der Waals surface area contributed by atoms with Gasteiger partial charge in [0, 0.05) is 12.2 Å². The number of hydrogen-bond acceptors (Lipinski definition) is 4. The van der Waals surface area contributed by atoms with Crippen LogP contribution in [0.4, 0.5) is 5.69 Å². The Kier molecular flexibility index (Phi) is 4.62. The third-order valence-electron chi connectivity index (χ3n) is 3.22. The fourth-order valence-corrected chi connectivity index (χ4v) is 3.63. The Balaban J connectivity index is 2.15. The Bertz CT molecular complexity index is 608. The Morgan fingerprint density at radius 2 is 2.30 bits per heavy atom. The van der Waals surface area contributed by atoms with E-state index >= 15 is 0 Å². The minimum absolute atomic E-state index is 0.0241. The van der Waals surface area contributed by atoms with Crippen molar-refractivity contribution >= 4 is 32.9 Å². The molecular formula is C13H18N2O3S2. The first kappa shape index (κ1) is 15.2. The van der Waals surface area contributed by atoms with E-state index in [1.165, 1.54) is 0 Å². The summed E-state index contributed by atoms with van der Waals surface area (Å²) in [5, 5.41) is 0. The number of anilines is 1. The summed E-state index contributed by atoms with van der Waals surface area (Å²) in [6.45, 7) is 2.46. The molecule has 0 aromatic heterocycles. The summed E-state index contributed by atoms with van der Waals surface area (Å²) in [5.41, 5.74) is 7.53. The third kappa shape index (κ3) is 3.91. The fraction of sp³-hybridized carbons (Fsp3) is 0.462. The molecule has 0 saturated carbocycles. The molecule has 1 aliphatic rings. The van der Waals surface area contributed by atoms with Crippen molar-refractivity contribution in [1.82, 2.24) is 0 Å². The van der Waals surface area contributed by atoms with Crippen LogP contribution in [-0.4, -0.2) is 31.9 Å². The van der Waals surface area contributed by atoms with E-state index < -0.39 is 10.0 Å². The first-order chi connectivity index (χ1) is 9.37. The second-order valence-corrected chi connectivity index (χ2v) is 7.12. The van der Waals surface area contributed by atoms with Crippen molar-refractivity contribution in [2.75, 3.05) is 17.1 Å². The lowest BCUT2D eigenvalue weighted by atomic mass is 10.1. The number of hydrogen-bond donors (Lipinski definition) is 2. The van der Waals surface area contributed by atoms with Crippen LogP contribution in [-0.2, 0) is 14.8 Å². The van der Waals surface area contributed by atoms with Crippen LogP contribution in [0.15, 0.2) is 18.2 Å². The number of sulfonamides is 1. The van der Waals surface area contributed by atoms with Crippen LogP contribution < -0.4 is 10.5 Å². The quantitative estimate of drug-likeness (QED) is 0.806. The lowest BCUT2D eigenvalue weighted by Gasteiger charge is -2.14. The molecule has 2 rings (SSSR count). The Labute approximate surface area is 124 Å². The van der Waals surface area contributed by atoms with Crippen LogP contribution in [0.25, 0.3) is 0 Å². The van der Waals surface area contributed by atoms with E-state index in [0.717, 1.165) is 18.4 Å². The number of benzene rings is 1. The van der Waals surface area contributed by atoms with E-state index in [-0.39, 0.29) is 16.8 Å². The molecule has 1 fully saturated rings. The van der Waals surface area contributed by atoms with Gasteiger partial charge in [0.15, 0.2) is 0 Å². The second-order valence-electron chi connectivity index (χ2n) is 4.91. The minimum Gasteiger partial charge on any atom is -0.389 e. The van der Waals surface area contributed by atoms with Crippen LogP contribution in [0, 0.1) is 6.92 Å². The van der Waals surface area contributed by atoms with Crippen molar-refractivity contribution in [3.63, 3.8) is 0 Å². The molecule has 1 aromatic carbocycles. The number of thiocarbonyl (C=S) groups is 1. The van der Waals surface area contributed by atoms with E-state index in [1.54, 1.807) is 18.2 Å². The molecular weight excluding hydrogens is 296 g/mol. The van der Waals surface area contributed by atoms with Crippen molar-refractivity contribution in [2.24, 2.45) is 5.73 Å². The Morgan fingerprint density at radius 1 is 1.55 bits per heavy atom. The molecule has 1 aliphatic heterocycles. The summed E-state index contributed by atoms with van der Waals surface area (Å²) >= 11 is 4.90. The van der Waals surface area contributed by atoms with Gasteiger partial charge in [-0.3, -0.25) is 4.72 Å². The van der Waals surface area contributed by atoms with Gasteiger partial charge < -0.3 is 10.5 Å². The number of nitrogens with one attached hydrogen (secondary N) is 1. The standard InChI is InChI=1S/C13H18N2O3S2/c1-9-4-5-10(13(14)19)7-12(9)15-20(16,17)8-11-3-2-6-18-11/h4-5,7,11,15H,2-3,6,8H2,1H3,(H2,14,19). The maximum Gasteiger partial charge on any atom is 0.235 e. The molecule has 3 N–H and O–H groups in total. The molecule has 0 aliphatic carbocycles. The maximum absolute atomic E-state index is 12.1. The average Bonchev–Trinajstić information content (AvgIpc) is 2.83. The zero-order chi connectivity index (χ0) is 14.8. The first-order valence-electron chi connectivity index (χ1n) is 6.40. The van der Waals surface area contributed by atoms with Crippen molar-refractivity contribution in [1.29, 1.82) is 0 Å². The first-order valence-corrected chi connectivity index (χ1v) is 8.46. The summed E-state index contributed by atoms with van der Waals surface area (Å²) in [6.07, 6.45) is 1.48. The normalized spacial score (nSPS) is 18.9. The fourth-order valence-electron chi connectivity index (χ4n) is 2.11. The van der Waals surface area contributed by atoms with Crippen molar-refractivity contribution < 1.29 is 13.2 Å². The van der Waals surface area contributed by atoms with Crippen molar-refractivity contribution in [3.05, 3.63) is 29.3 Å². The molecule has 110 valence electrons. The number of nitrogens with two attached hydrogens (primary N) is 1. The SMILES string of the molecule is Cc1ccc(C(N)=S)cc1NS(=O)(=O)CC1CCCO1. The molecule has 0 bridgehead atoms. The molecule has 0 radical (unpaired) electrons. The third-order valence-corrected chi connectivity index (χ3v) is 4.79. The van der Waals surface area contributed by atoms with E-state index in [0.29, 0.717) is 17.9 Å². The topological polar surface area (TPSA) is 81.4 Å². The van der Waals surface area contributed by atoms with Gasteiger partial charge in [0.1, 0.15) is 4.99 Å². The molecule has 1 heterocycles. The second kappa shape index (κ2) is 6.07. The van der Waals surface area contributed by atoms with Gasteiger partial charge in [-0.05, 0) is 31.4 Å². The summed E-state index contributed by atoms with van der Waals surface area (Å²) in [6, 6.07) is 5.22. The van der Waals surface area contributed by atoms with E-state index in [9.17, 15) is 8.42 Å². The Hall–Kier alpha value is -1.18. The minimum atomic E-state index is -3.44. The van der Waals surface area contributed by atoms with Crippen LogP contribution in [0.1, 0.15) is 24.0 Å². The highest BCUT2D eigenvalue weighted by molar-refractivity contribution is 7.92. The molecule has 1 aromatic rings. The molecule has 7 heteroatoms. The summed E-state index contributed by atoms with van der Waals surface area (Å²) in [5.74, 6) is -0.0241. The van der Waals surface area contributed by atoms with Crippen molar-refractivity contribution in [2.45, 2.75) is 25.9 Å². The van der Waals surface area contributed by atoms with Gasteiger partial charge in [-0.25, -0.2) is 8.42 Å². The highest BCUT2D eigenvalue weighted by Gasteiger charge is 2.23. The van der Waals surface area contributed by atoms with Gasteiger partial charge in [0.25, 0.3) is 0 Å². The van der Waals surface area contributed by atoms with Crippen molar-refractivity contribution in [3.8, 4) is 0 Å². The van der Waals surface area contributed by atoms with E-state index in [4.69, 9.17) is 22.7 Å². The number of ether oxygens (including phenoxy) is 1. The van der Waals surface area contributed by atoms with Gasteiger partial charge in [0.2, 0.25) is 10.0 Å². The monoisotopic (exact) mass is 314 g/mol. The zero-order valence-electron chi connectivity index (χ0n) is 11.3. The molecule has 0 amide bonds. The summed E-state index contributed by atoms with van der Waals surface area (Å²) in [7, 11) is -3.44. The van der Waals surface area contributed by atoms with Gasteiger partial charge in [-0.2, -0.15) is 0 Å². The smallest absolute Gasteiger partial charge is 0.235 e. The number of aryl methyl sites for hydroxylation is 1. The van der Waals surface area contributed by atoms with Crippen LogP contribution in [0.2, 0.25) is 0 Å². The average molecular weight is 314 g/mol. The van der Waals surface area contributed by atoms with Gasteiger partial charge in [-0.1, -0.05) is 24.4 Å². The maximum atomic E-state index is 12.1. The molecule has 20 heavy (non-hydrogen) atoms. The Morgan fingerprint density at radius 3 is 2.90 bits per heavy atom. The van der Waals surface area contributed by atoms with Crippen LogP contribution in [0.5, 0.6) is 0 Å². The van der Waals surface area contributed by atoms with E-state index in [2.05, 4.69) is 4.72 Å². The molecule has 1 unspecified atom stereocenters. The predicted octanol–water partition coefficient (Wildman–Crippen LogP) is 1.55. The van der Waals surface area contributed by atoms with Gasteiger partial charge in [0.05, 0.1) is 17.5 Å². The highest BCUT2D eigenvalue weighted by Crippen LogP contribution is 2.20. The molecule has 1 saturated heterocycles. The molecule has 5 nitrogen and oxygen atoms in total. The summed E-state index contributed by atoms with van der Waals surface area (Å²) < 4.78 is 32.2.